The zero-order valence-electron chi connectivity index (χ0n) is 9.04. The van der Waals surface area contributed by atoms with Crippen molar-refractivity contribution in [2.24, 2.45) is 5.41 Å². The fourth-order valence-electron chi connectivity index (χ4n) is 1.55. The van der Waals surface area contributed by atoms with E-state index in [0.717, 1.165) is 13.1 Å². The number of nitrogens with one attached hydrogen (secondary N) is 2. The number of hydrogen-bond acceptors (Lipinski definition) is 3. The lowest BCUT2D eigenvalue weighted by Gasteiger charge is -2.23. The quantitative estimate of drug-likeness (QED) is 0.739. The summed E-state index contributed by atoms with van der Waals surface area (Å²) in [7, 11) is 0. The van der Waals surface area contributed by atoms with Crippen LogP contribution in [-0.4, -0.2) is 38.3 Å². The van der Waals surface area contributed by atoms with Crippen LogP contribution in [0.2, 0.25) is 0 Å². The molecule has 1 saturated heterocycles. The maximum atomic E-state index is 11.6. The molecule has 0 aromatic rings. The Kier molecular flexibility index (Phi) is 4.37. The minimum Gasteiger partial charge on any atom is -0.378 e. The van der Waals surface area contributed by atoms with Crippen LogP contribution < -0.4 is 10.6 Å². The third-order valence-corrected chi connectivity index (χ3v) is 3.03. The smallest absolute Gasteiger partial charge is 0.239 e. The first-order chi connectivity index (χ1) is 6.70. The highest BCUT2D eigenvalue weighted by atomic mass is 35.5. The molecule has 0 spiro atoms. The van der Waals surface area contributed by atoms with Gasteiger partial charge in [-0.3, -0.25) is 4.79 Å². The van der Waals surface area contributed by atoms with Gasteiger partial charge < -0.3 is 15.4 Å². The minimum absolute atomic E-state index is 0. The topological polar surface area (TPSA) is 50.4 Å². The molecule has 1 atom stereocenters. The summed E-state index contributed by atoms with van der Waals surface area (Å²) in [5.41, 5.74) is 0.380. The second kappa shape index (κ2) is 5.14. The van der Waals surface area contributed by atoms with Crippen LogP contribution in [0.25, 0.3) is 0 Å². The van der Waals surface area contributed by atoms with Gasteiger partial charge in [-0.25, -0.2) is 0 Å². The van der Waals surface area contributed by atoms with E-state index in [9.17, 15) is 4.79 Å². The van der Waals surface area contributed by atoms with Gasteiger partial charge in [-0.2, -0.15) is 0 Å². The fourth-order valence-corrected chi connectivity index (χ4v) is 1.55. The van der Waals surface area contributed by atoms with Crippen LogP contribution in [0.1, 0.15) is 19.8 Å². The van der Waals surface area contributed by atoms with E-state index in [0.29, 0.717) is 18.6 Å². The van der Waals surface area contributed by atoms with Gasteiger partial charge >= 0.3 is 0 Å². The van der Waals surface area contributed by atoms with Crippen LogP contribution in [0, 0.1) is 5.41 Å². The summed E-state index contributed by atoms with van der Waals surface area (Å²) in [4.78, 5) is 11.6. The third-order valence-electron chi connectivity index (χ3n) is 3.03. The number of halogens is 1. The maximum absolute atomic E-state index is 11.6. The van der Waals surface area contributed by atoms with Crippen molar-refractivity contribution in [2.45, 2.75) is 25.8 Å². The Morgan fingerprint density at radius 3 is 2.87 bits per heavy atom. The predicted molar refractivity (Wildman–Crippen MR) is 60.2 cm³/mol. The van der Waals surface area contributed by atoms with Crippen LogP contribution >= 0.6 is 12.4 Å². The number of carbonyl (C=O) groups excluding carboxylic acids is 1. The highest BCUT2D eigenvalue weighted by molar-refractivity contribution is 5.85. The Morgan fingerprint density at radius 1 is 1.60 bits per heavy atom. The second-order valence-corrected chi connectivity index (χ2v) is 4.61. The molecular formula is C10H19ClN2O2. The van der Waals surface area contributed by atoms with Crippen LogP contribution in [0.5, 0.6) is 0 Å². The summed E-state index contributed by atoms with van der Waals surface area (Å²) in [6.45, 7) is 5.00. The van der Waals surface area contributed by atoms with Gasteiger partial charge in [0.15, 0.2) is 0 Å². The number of morpholine rings is 1. The first-order valence-corrected chi connectivity index (χ1v) is 5.28. The van der Waals surface area contributed by atoms with Crippen molar-refractivity contribution >= 4 is 18.3 Å². The summed E-state index contributed by atoms with van der Waals surface area (Å²) >= 11 is 0. The van der Waals surface area contributed by atoms with E-state index in [1.54, 1.807) is 0 Å². The van der Waals surface area contributed by atoms with Crippen molar-refractivity contribution in [3.05, 3.63) is 0 Å². The average Bonchev–Trinajstić information content (AvgIpc) is 2.95. The lowest BCUT2D eigenvalue weighted by Crippen LogP contribution is -2.51. The molecule has 2 rings (SSSR count). The molecule has 5 heteroatoms. The molecule has 0 bridgehead atoms. The molecule has 88 valence electrons. The first-order valence-electron chi connectivity index (χ1n) is 5.28. The van der Waals surface area contributed by atoms with Gasteiger partial charge in [-0.1, -0.05) is 6.92 Å². The van der Waals surface area contributed by atoms with Crippen LogP contribution in [0.3, 0.4) is 0 Å². The Morgan fingerprint density at radius 2 is 2.33 bits per heavy atom. The monoisotopic (exact) mass is 234 g/mol. The highest BCUT2D eigenvalue weighted by Crippen LogP contribution is 2.43. The molecular weight excluding hydrogens is 216 g/mol. The van der Waals surface area contributed by atoms with Crippen LogP contribution in [0.4, 0.5) is 0 Å². The van der Waals surface area contributed by atoms with Crippen molar-refractivity contribution < 1.29 is 9.53 Å². The lowest BCUT2D eigenvalue weighted by molar-refractivity contribution is -0.126. The van der Waals surface area contributed by atoms with Crippen molar-refractivity contribution in [1.82, 2.24) is 10.6 Å². The van der Waals surface area contributed by atoms with Crippen molar-refractivity contribution in [2.75, 3.05) is 26.3 Å². The molecule has 0 unspecified atom stereocenters. The van der Waals surface area contributed by atoms with E-state index in [1.807, 2.05) is 0 Å². The lowest BCUT2D eigenvalue weighted by atomic mass is 10.1. The van der Waals surface area contributed by atoms with Crippen molar-refractivity contribution in [1.29, 1.82) is 0 Å². The molecule has 0 aromatic carbocycles. The molecule has 1 aliphatic heterocycles. The van der Waals surface area contributed by atoms with Gasteiger partial charge in [0.25, 0.3) is 0 Å². The number of ether oxygens (including phenoxy) is 1. The zero-order chi connectivity index (χ0) is 10.0. The number of carbonyl (C=O) groups is 1. The van der Waals surface area contributed by atoms with E-state index < -0.39 is 0 Å². The Balaban J connectivity index is 0.00000112. The summed E-state index contributed by atoms with van der Waals surface area (Å²) in [5, 5.41) is 6.11. The summed E-state index contributed by atoms with van der Waals surface area (Å²) in [6.07, 6.45) is 2.48. The maximum Gasteiger partial charge on any atom is 0.239 e. The van der Waals surface area contributed by atoms with Gasteiger partial charge in [0.05, 0.1) is 13.2 Å². The number of rotatable bonds is 3. The average molecular weight is 235 g/mol. The first kappa shape index (κ1) is 12.7. The largest absolute Gasteiger partial charge is 0.378 e. The summed E-state index contributed by atoms with van der Waals surface area (Å²) in [5.74, 6) is 0.0813. The minimum atomic E-state index is -0.147. The van der Waals surface area contributed by atoms with E-state index in [4.69, 9.17) is 4.74 Å². The molecule has 1 saturated carbocycles. The van der Waals surface area contributed by atoms with Crippen molar-refractivity contribution in [3.8, 4) is 0 Å². The van der Waals surface area contributed by atoms with Crippen LogP contribution in [-0.2, 0) is 9.53 Å². The molecule has 15 heavy (non-hydrogen) atoms. The highest BCUT2D eigenvalue weighted by Gasteiger charge is 2.37. The Hall–Kier alpha value is -0.320. The van der Waals surface area contributed by atoms with Gasteiger partial charge in [-0.15, -0.1) is 12.4 Å². The van der Waals surface area contributed by atoms with E-state index in [-0.39, 0.29) is 24.4 Å². The molecule has 4 nitrogen and oxygen atoms in total. The van der Waals surface area contributed by atoms with Gasteiger partial charge in [0, 0.05) is 13.1 Å². The summed E-state index contributed by atoms with van der Waals surface area (Å²) in [6, 6.07) is -0.147. The Labute approximate surface area is 96.5 Å². The van der Waals surface area contributed by atoms with E-state index >= 15 is 0 Å². The molecule has 1 amide bonds. The molecule has 2 N–H and O–H groups in total. The number of hydrogen-bond donors (Lipinski definition) is 2. The normalized spacial score (nSPS) is 27.7. The molecule has 2 aliphatic rings. The predicted octanol–water partition coefficient (Wildman–Crippen LogP) is 0.313. The third kappa shape index (κ3) is 3.63. The Bertz CT molecular complexity index is 225. The zero-order valence-corrected chi connectivity index (χ0v) is 9.86. The molecule has 1 aliphatic carbocycles. The fraction of sp³-hybridized carbons (Fsp3) is 0.900. The molecule has 2 fully saturated rings. The van der Waals surface area contributed by atoms with E-state index in [1.165, 1.54) is 12.8 Å². The SMILES string of the molecule is CC1(CNC(=O)[C@H]2COCCN2)CC1.Cl. The van der Waals surface area contributed by atoms with Gasteiger partial charge in [-0.05, 0) is 18.3 Å². The van der Waals surface area contributed by atoms with Crippen molar-refractivity contribution in [3.63, 3.8) is 0 Å². The van der Waals surface area contributed by atoms with Gasteiger partial charge in [0.1, 0.15) is 6.04 Å². The number of amides is 1. The second-order valence-electron chi connectivity index (χ2n) is 4.61. The van der Waals surface area contributed by atoms with E-state index in [2.05, 4.69) is 17.6 Å². The molecule has 0 aromatic heterocycles. The molecule has 1 heterocycles. The van der Waals surface area contributed by atoms with Crippen LogP contribution in [0.15, 0.2) is 0 Å². The molecule has 0 radical (unpaired) electrons. The standard InChI is InChI=1S/C10H18N2O2.ClH/c1-10(2-3-10)7-12-9(13)8-6-14-5-4-11-8;/h8,11H,2-7H2,1H3,(H,12,13);1H/t8-;/m1./s1. The summed E-state index contributed by atoms with van der Waals surface area (Å²) < 4.78 is 5.23. The van der Waals surface area contributed by atoms with Gasteiger partial charge in [0.2, 0.25) is 5.91 Å².